The van der Waals surface area contributed by atoms with Crippen molar-refractivity contribution in [3.8, 4) is 0 Å². The van der Waals surface area contributed by atoms with Crippen molar-refractivity contribution in [1.82, 2.24) is 14.9 Å². The molecule has 0 saturated carbocycles. The molecule has 2 N–H and O–H groups in total. The van der Waals surface area contributed by atoms with E-state index in [9.17, 15) is 9.59 Å². The number of hydrogen-bond acceptors (Lipinski definition) is 3. The van der Waals surface area contributed by atoms with Crippen LogP contribution >= 0.6 is 0 Å². The zero-order valence-electron chi connectivity index (χ0n) is 10.7. The van der Waals surface area contributed by atoms with Crippen LogP contribution in [0, 0.1) is 5.92 Å². The van der Waals surface area contributed by atoms with Crippen molar-refractivity contribution in [3.05, 3.63) is 36.2 Å². The minimum atomic E-state index is -0.937. The highest BCUT2D eigenvalue weighted by Crippen LogP contribution is 2.11. The monoisotopic (exact) mass is 261 g/mol. The first-order valence-electron chi connectivity index (χ1n) is 5.96. The number of carboxylic acid groups (broad SMARTS) is 1. The van der Waals surface area contributed by atoms with Crippen LogP contribution in [-0.4, -0.2) is 32.6 Å². The summed E-state index contributed by atoms with van der Waals surface area (Å²) >= 11 is 0. The smallest absolute Gasteiger partial charge is 0.308 e. The van der Waals surface area contributed by atoms with Crippen LogP contribution in [0.4, 0.5) is 0 Å². The molecule has 100 valence electrons. The molecule has 0 spiro atoms. The molecule has 2 aromatic heterocycles. The number of nitrogens with one attached hydrogen (secondary N) is 1. The first-order chi connectivity index (χ1) is 9.00. The maximum atomic E-state index is 12.1. The minimum absolute atomic E-state index is 0.318. The quantitative estimate of drug-likeness (QED) is 0.865. The molecule has 0 saturated heterocycles. The molecule has 6 nitrogen and oxygen atoms in total. The van der Waals surface area contributed by atoms with Gasteiger partial charge in [0.15, 0.2) is 0 Å². The van der Waals surface area contributed by atoms with Crippen molar-refractivity contribution in [2.24, 2.45) is 5.92 Å². The predicted octanol–water partition coefficient (Wildman–Crippen LogP) is 1.17. The summed E-state index contributed by atoms with van der Waals surface area (Å²) in [6.07, 6.45) is 3.22. The zero-order valence-corrected chi connectivity index (χ0v) is 10.7. The Morgan fingerprint density at radius 1 is 1.37 bits per heavy atom. The van der Waals surface area contributed by atoms with Gasteiger partial charge in [0.25, 0.3) is 5.91 Å². The van der Waals surface area contributed by atoms with E-state index >= 15 is 0 Å². The van der Waals surface area contributed by atoms with Gasteiger partial charge >= 0.3 is 5.97 Å². The number of aromatic nitrogens is 2. The van der Waals surface area contributed by atoms with Gasteiger partial charge in [-0.3, -0.25) is 9.59 Å². The van der Waals surface area contributed by atoms with Gasteiger partial charge < -0.3 is 10.4 Å². The van der Waals surface area contributed by atoms with Crippen molar-refractivity contribution < 1.29 is 14.7 Å². The number of hydrogen-bond donors (Lipinski definition) is 2. The normalized spacial score (nSPS) is 14.0. The maximum Gasteiger partial charge on any atom is 0.308 e. The molecule has 2 atom stereocenters. The highest BCUT2D eigenvalue weighted by atomic mass is 16.4. The summed E-state index contributed by atoms with van der Waals surface area (Å²) in [4.78, 5) is 23.0. The van der Waals surface area contributed by atoms with Crippen molar-refractivity contribution in [2.45, 2.75) is 19.9 Å². The maximum absolute atomic E-state index is 12.1. The summed E-state index contributed by atoms with van der Waals surface area (Å²) in [5.74, 6) is -1.90. The van der Waals surface area contributed by atoms with Gasteiger partial charge in [-0.25, -0.2) is 4.52 Å². The summed E-state index contributed by atoms with van der Waals surface area (Å²) in [6, 6.07) is 4.96. The van der Waals surface area contributed by atoms with Gasteiger partial charge in [-0.2, -0.15) is 5.10 Å². The first-order valence-corrected chi connectivity index (χ1v) is 5.96. The van der Waals surface area contributed by atoms with Gasteiger partial charge in [0, 0.05) is 12.2 Å². The molecule has 19 heavy (non-hydrogen) atoms. The molecule has 0 aromatic carbocycles. The van der Waals surface area contributed by atoms with Crippen LogP contribution in [0.2, 0.25) is 0 Å². The Morgan fingerprint density at radius 2 is 2.11 bits per heavy atom. The van der Waals surface area contributed by atoms with E-state index in [2.05, 4.69) is 10.4 Å². The summed E-state index contributed by atoms with van der Waals surface area (Å²) in [5, 5.41) is 15.6. The number of rotatable bonds is 4. The molecule has 0 aliphatic heterocycles. The zero-order chi connectivity index (χ0) is 14.0. The van der Waals surface area contributed by atoms with Gasteiger partial charge in [-0.05, 0) is 26.0 Å². The highest BCUT2D eigenvalue weighted by molar-refractivity contribution is 6.00. The van der Waals surface area contributed by atoms with Crippen molar-refractivity contribution in [1.29, 1.82) is 0 Å². The number of nitrogens with zero attached hydrogens (tertiary/aromatic N) is 2. The molecule has 0 aliphatic carbocycles. The van der Waals surface area contributed by atoms with Gasteiger partial charge in [-0.15, -0.1) is 0 Å². The second-order valence-electron chi connectivity index (χ2n) is 4.48. The van der Waals surface area contributed by atoms with E-state index in [1.54, 1.807) is 30.6 Å². The molecule has 2 unspecified atom stereocenters. The fourth-order valence-electron chi connectivity index (χ4n) is 1.73. The molecule has 1 amide bonds. The second kappa shape index (κ2) is 5.09. The van der Waals surface area contributed by atoms with Gasteiger partial charge in [0.2, 0.25) is 0 Å². The Balaban J connectivity index is 2.18. The molecule has 0 fully saturated rings. The summed E-state index contributed by atoms with van der Waals surface area (Å²) < 4.78 is 1.60. The van der Waals surface area contributed by atoms with Crippen molar-refractivity contribution >= 4 is 17.4 Å². The predicted molar refractivity (Wildman–Crippen MR) is 68.9 cm³/mol. The molecule has 0 aliphatic rings. The van der Waals surface area contributed by atoms with E-state index in [0.717, 1.165) is 0 Å². The lowest BCUT2D eigenvalue weighted by Gasteiger charge is -2.17. The Hall–Kier alpha value is -2.37. The van der Waals surface area contributed by atoms with E-state index in [-0.39, 0.29) is 5.91 Å². The van der Waals surface area contributed by atoms with Crippen LogP contribution in [0.25, 0.3) is 5.52 Å². The average molecular weight is 261 g/mol. The van der Waals surface area contributed by atoms with Crippen LogP contribution in [-0.2, 0) is 4.79 Å². The van der Waals surface area contributed by atoms with Crippen LogP contribution in [0.15, 0.2) is 30.6 Å². The first kappa shape index (κ1) is 13.1. The lowest BCUT2D eigenvalue weighted by Crippen LogP contribution is -2.40. The second-order valence-corrected chi connectivity index (χ2v) is 4.48. The van der Waals surface area contributed by atoms with E-state index in [1.807, 2.05) is 12.1 Å². The van der Waals surface area contributed by atoms with E-state index in [0.29, 0.717) is 11.1 Å². The van der Waals surface area contributed by atoms with Crippen LogP contribution in [0.5, 0.6) is 0 Å². The fraction of sp³-hybridized carbons (Fsp3) is 0.308. The van der Waals surface area contributed by atoms with E-state index < -0.39 is 17.9 Å². The van der Waals surface area contributed by atoms with E-state index in [4.69, 9.17) is 5.11 Å². The van der Waals surface area contributed by atoms with Crippen molar-refractivity contribution in [2.75, 3.05) is 0 Å². The fourth-order valence-corrected chi connectivity index (χ4v) is 1.73. The third kappa shape index (κ3) is 2.57. The molecule has 2 heterocycles. The molecular weight excluding hydrogens is 246 g/mol. The lowest BCUT2D eigenvalue weighted by molar-refractivity contribution is -0.141. The molecule has 2 aromatic rings. The summed E-state index contributed by atoms with van der Waals surface area (Å²) in [7, 11) is 0. The summed E-state index contributed by atoms with van der Waals surface area (Å²) in [6.45, 7) is 3.23. The molecular formula is C13H15N3O3. The number of aliphatic carboxylic acids is 1. The standard InChI is InChI=1S/C13H15N3O3/c1-8(13(18)19)9(2)15-12(17)10-7-14-16-6-4-3-5-11(10)16/h3-9H,1-2H3,(H,15,17)(H,18,19). The van der Waals surface area contributed by atoms with Crippen LogP contribution in [0.3, 0.4) is 0 Å². The van der Waals surface area contributed by atoms with E-state index in [1.165, 1.54) is 6.20 Å². The average Bonchev–Trinajstić information content (AvgIpc) is 2.81. The van der Waals surface area contributed by atoms with Gasteiger partial charge in [0.05, 0.1) is 23.2 Å². The van der Waals surface area contributed by atoms with Gasteiger partial charge in [-0.1, -0.05) is 6.07 Å². The molecule has 0 radical (unpaired) electrons. The SMILES string of the molecule is CC(NC(=O)c1cnn2ccccc12)C(C)C(=O)O. The highest BCUT2D eigenvalue weighted by Gasteiger charge is 2.22. The Kier molecular flexibility index (Phi) is 3.50. The molecule has 0 bridgehead atoms. The third-order valence-corrected chi connectivity index (χ3v) is 3.17. The number of amides is 1. The minimum Gasteiger partial charge on any atom is -0.481 e. The Bertz CT molecular complexity index is 620. The van der Waals surface area contributed by atoms with Crippen LogP contribution < -0.4 is 5.32 Å². The molecule has 2 rings (SSSR count). The van der Waals surface area contributed by atoms with Crippen molar-refractivity contribution in [3.63, 3.8) is 0 Å². The lowest BCUT2D eigenvalue weighted by atomic mass is 10.0. The number of carbonyl (C=O) groups excluding carboxylic acids is 1. The van der Waals surface area contributed by atoms with Gasteiger partial charge in [0.1, 0.15) is 0 Å². The summed E-state index contributed by atoms with van der Waals surface area (Å²) in [5.41, 5.74) is 1.13. The largest absolute Gasteiger partial charge is 0.481 e. The number of pyridine rings is 1. The topological polar surface area (TPSA) is 83.7 Å². The number of carbonyl (C=O) groups is 2. The molecule has 6 heteroatoms. The third-order valence-electron chi connectivity index (χ3n) is 3.17. The Labute approximate surface area is 110 Å². The van der Waals surface area contributed by atoms with Crippen LogP contribution in [0.1, 0.15) is 24.2 Å². The number of carboxylic acids is 1. The Morgan fingerprint density at radius 3 is 2.79 bits per heavy atom. The number of fused-ring (bicyclic) bond motifs is 1.